The zero-order valence-corrected chi connectivity index (χ0v) is 17.4. The lowest BCUT2D eigenvalue weighted by Gasteiger charge is -2.31. The molecule has 0 aromatic carbocycles. The molecule has 9 heteroatoms. The third-order valence-electron chi connectivity index (χ3n) is 3.64. The molecule has 3 rings (SSSR count). The van der Waals surface area contributed by atoms with Gasteiger partial charge in [0.05, 0.1) is 17.8 Å². The van der Waals surface area contributed by atoms with Crippen LogP contribution in [0.25, 0.3) is 0 Å². The summed E-state index contributed by atoms with van der Waals surface area (Å²) in [5.41, 5.74) is 0.337. The number of hydrogen-bond donors (Lipinski definition) is 0. The van der Waals surface area contributed by atoms with Gasteiger partial charge in [-0.1, -0.05) is 27.7 Å². The molecule has 0 spiro atoms. The van der Waals surface area contributed by atoms with Crippen LogP contribution >= 0.6 is 13.5 Å². The minimum Gasteiger partial charge on any atom is -0.289 e. The third kappa shape index (κ3) is 5.24. The van der Waals surface area contributed by atoms with Gasteiger partial charge in [0.2, 0.25) is 0 Å². The van der Waals surface area contributed by atoms with Gasteiger partial charge >= 0.3 is 6.18 Å². The Morgan fingerprint density at radius 2 is 1.70 bits per heavy atom. The SMILES string of the molecule is CC.CC.Cc1cnn2c1C(=O)N(c1ccc(C(F)(F)F)cn1)C[C@@H]2C.S. The smallest absolute Gasteiger partial charge is 0.289 e. The molecule has 1 atom stereocenters. The van der Waals surface area contributed by atoms with E-state index in [1.54, 1.807) is 17.8 Å². The normalized spacial score (nSPS) is 15.5. The molecule has 0 aliphatic carbocycles. The second kappa shape index (κ2) is 10.3. The summed E-state index contributed by atoms with van der Waals surface area (Å²) in [4.78, 5) is 17.7. The number of carbonyl (C=O) groups excluding carboxylic acids is 1. The Morgan fingerprint density at radius 1 is 1.11 bits per heavy atom. The number of carbonyl (C=O) groups is 1. The first-order valence-corrected chi connectivity index (χ1v) is 8.68. The van der Waals surface area contributed by atoms with Crippen molar-refractivity contribution in [3.05, 3.63) is 41.3 Å². The van der Waals surface area contributed by atoms with Crippen molar-refractivity contribution in [3.8, 4) is 0 Å². The first kappa shape index (κ1) is 25.0. The van der Waals surface area contributed by atoms with Crippen LogP contribution in [0.2, 0.25) is 0 Å². The average molecular weight is 405 g/mol. The molecule has 2 aromatic rings. The number of fused-ring (bicyclic) bond motifs is 1. The maximum atomic E-state index is 12.6. The monoisotopic (exact) mass is 404 g/mol. The Labute approximate surface area is 165 Å². The summed E-state index contributed by atoms with van der Waals surface area (Å²) in [5.74, 6) is -0.0999. The van der Waals surface area contributed by atoms with Gasteiger partial charge in [-0.2, -0.15) is 31.8 Å². The van der Waals surface area contributed by atoms with Gasteiger partial charge in [0, 0.05) is 18.3 Å². The number of anilines is 1. The summed E-state index contributed by atoms with van der Waals surface area (Å²) in [6, 6.07) is 2.07. The van der Waals surface area contributed by atoms with Crippen LogP contribution in [0.1, 0.15) is 62.3 Å². The highest BCUT2D eigenvalue weighted by Crippen LogP contribution is 2.31. The van der Waals surface area contributed by atoms with E-state index in [9.17, 15) is 18.0 Å². The summed E-state index contributed by atoms with van der Waals surface area (Å²) < 4.78 is 39.4. The van der Waals surface area contributed by atoms with Gasteiger partial charge in [-0.3, -0.25) is 14.4 Å². The fourth-order valence-corrected chi connectivity index (χ4v) is 2.51. The van der Waals surface area contributed by atoms with Crippen LogP contribution in [0.4, 0.5) is 19.0 Å². The number of aromatic nitrogens is 3. The van der Waals surface area contributed by atoms with Crippen molar-refractivity contribution >= 4 is 25.2 Å². The van der Waals surface area contributed by atoms with Crippen LogP contribution in [0, 0.1) is 6.92 Å². The van der Waals surface area contributed by atoms with Crippen molar-refractivity contribution in [1.29, 1.82) is 0 Å². The highest BCUT2D eigenvalue weighted by atomic mass is 32.1. The predicted octanol–water partition coefficient (Wildman–Crippen LogP) is 4.99. The molecule has 0 N–H and O–H groups in total. The van der Waals surface area contributed by atoms with Crippen molar-refractivity contribution in [1.82, 2.24) is 14.8 Å². The summed E-state index contributed by atoms with van der Waals surface area (Å²) in [5, 5.41) is 4.16. The van der Waals surface area contributed by atoms with Gasteiger partial charge in [-0.25, -0.2) is 4.98 Å². The standard InChI is InChI=1S/C14H13F3N4O.2C2H6.H2S/c1-8-5-19-21-9(2)7-20(13(22)12(8)21)11-4-3-10(6-18-11)14(15,16)17;2*1-2;/h3-6,9H,7H2,1-2H3;2*1-2H3;1H2/t9-;;;/m0.../s1. The summed E-state index contributed by atoms with van der Waals surface area (Å²) in [7, 11) is 0. The van der Waals surface area contributed by atoms with Crippen molar-refractivity contribution in [2.45, 2.75) is 53.8 Å². The number of rotatable bonds is 1. The number of halogens is 3. The van der Waals surface area contributed by atoms with Crippen LogP contribution in [0.15, 0.2) is 24.5 Å². The number of amides is 1. The lowest BCUT2D eigenvalue weighted by atomic mass is 10.1. The van der Waals surface area contributed by atoms with E-state index in [2.05, 4.69) is 10.1 Å². The Hall–Kier alpha value is -2.03. The van der Waals surface area contributed by atoms with Gasteiger partial charge in [0.15, 0.2) is 0 Å². The van der Waals surface area contributed by atoms with Gasteiger partial charge in [0.1, 0.15) is 11.5 Å². The zero-order chi connectivity index (χ0) is 20.1. The number of alkyl halides is 3. The molecule has 0 unspecified atom stereocenters. The fraction of sp³-hybridized carbons (Fsp3) is 0.500. The third-order valence-corrected chi connectivity index (χ3v) is 3.64. The van der Waals surface area contributed by atoms with E-state index in [1.807, 2.05) is 34.6 Å². The van der Waals surface area contributed by atoms with E-state index in [4.69, 9.17) is 0 Å². The lowest BCUT2D eigenvalue weighted by molar-refractivity contribution is -0.137. The first-order valence-electron chi connectivity index (χ1n) is 8.68. The van der Waals surface area contributed by atoms with Crippen molar-refractivity contribution < 1.29 is 18.0 Å². The first-order chi connectivity index (χ1) is 12.3. The summed E-state index contributed by atoms with van der Waals surface area (Å²) >= 11 is 0. The van der Waals surface area contributed by atoms with Gasteiger partial charge in [0.25, 0.3) is 5.91 Å². The molecule has 0 fully saturated rings. The largest absolute Gasteiger partial charge is 0.417 e. The molecule has 2 aromatic heterocycles. The molecule has 1 amide bonds. The highest BCUT2D eigenvalue weighted by molar-refractivity contribution is 7.59. The van der Waals surface area contributed by atoms with Crippen molar-refractivity contribution in [3.63, 3.8) is 0 Å². The van der Waals surface area contributed by atoms with E-state index >= 15 is 0 Å². The minimum absolute atomic E-state index is 0. The van der Waals surface area contributed by atoms with Gasteiger partial charge < -0.3 is 0 Å². The van der Waals surface area contributed by atoms with E-state index in [0.717, 1.165) is 17.8 Å². The number of hydrogen-bond acceptors (Lipinski definition) is 3. The minimum atomic E-state index is -4.44. The molecule has 5 nitrogen and oxygen atoms in total. The molecule has 152 valence electrons. The van der Waals surface area contributed by atoms with Crippen LogP contribution in [-0.4, -0.2) is 27.2 Å². The molecule has 0 saturated heterocycles. The van der Waals surface area contributed by atoms with E-state index in [-0.39, 0.29) is 31.3 Å². The maximum Gasteiger partial charge on any atom is 0.417 e. The summed E-state index contributed by atoms with van der Waals surface area (Å²) in [6.45, 7) is 12.0. The average Bonchev–Trinajstić information content (AvgIpc) is 3.03. The number of pyridine rings is 1. The quantitative estimate of drug-likeness (QED) is 0.673. The fourth-order valence-electron chi connectivity index (χ4n) is 2.51. The molecule has 1 aliphatic rings. The van der Waals surface area contributed by atoms with E-state index in [1.165, 1.54) is 11.0 Å². The number of nitrogens with zero attached hydrogens (tertiary/aromatic N) is 4. The number of aryl methyl sites for hydroxylation is 1. The molecule has 27 heavy (non-hydrogen) atoms. The predicted molar refractivity (Wildman–Crippen MR) is 106 cm³/mol. The molecule has 1 aliphatic heterocycles. The van der Waals surface area contributed by atoms with E-state index < -0.39 is 11.7 Å². The second-order valence-corrected chi connectivity index (χ2v) is 5.29. The Bertz CT molecular complexity index is 729. The zero-order valence-electron chi connectivity index (χ0n) is 16.4. The maximum absolute atomic E-state index is 12.6. The molecule has 0 saturated carbocycles. The van der Waals surface area contributed by atoms with Crippen LogP contribution < -0.4 is 4.90 Å². The van der Waals surface area contributed by atoms with Gasteiger partial charge in [-0.05, 0) is 26.0 Å². The van der Waals surface area contributed by atoms with Crippen LogP contribution in [-0.2, 0) is 6.18 Å². The lowest BCUT2D eigenvalue weighted by Crippen LogP contribution is -2.43. The van der Waals surface area contributed by atoms with Gasteiger partial charge in [-0.15, -0.1) is 0 Å². The van der Waals surface area contributed by atoms with Crippen LogP contribution in [0.3, 0.4) is 0 Å². The Kier molecular flexibility index (Phi) is 9.56. The molecular formula is C18H27F3N4OS. The van der Waals surface area contributed by atoms with Crippen molar-refractivity contribution in [2.24, 2.45) is 0 Å². The van der Waals surface area contributed by atoms with E-state index in [0.29, 0.717) is 12.2 Å². The molecular weight excluding hydrogens is 377 g/mol. The summed E-state index contributed by atoms with van der Waals surface area (Å²) in [6.07, 6.45) is -2.10. The Morgan fingerprint density at radius 3 is 2.19 bits per heavy atom. The molecule has 3 heterocycles. The topological polar surface area (TPSA) is 51.0 Å². The molecule has 0 radical (unpaired) electrons. The molecule has 0 bridgehead atoms. The van der Waals surface area contributed by atoms with Crippen LogP contribution in [0.5, 0.6) is 0 Å². The van der Waals surface area contributed by atoms with Crippen molar-refractivity contribution in [2.75, 3.05) is 11.4 Å². The second-order valence-electron chi connectivity index (χ2n) is 5.29. The highest BCUT2D eigenvalue weighted by Gasteiger charge is 2.34. The Balaban J connectivity index is 0.00000127.